The lowest BCUT2D eigenvalue weighted by atomic mass is 9.91. The van der Waals surface area contributed by atoms with Gasteiger partial charge in [0, 0.05) is 50.1 Å². The summed E-state index contributed by atoms with van der Waals surface area (Å²) in [6.07, 6.45) is 12.0. The Balaban J connectivity index is 1.52. The summed E-state index contributed by atoms with van der Waals surface area (Å²) >= 11 is 0. The van der Waals surface area contributed by atoms with Crippen LogP contribution in [0.4, 0.5) is 9.18 Å². The molecular weight excluding hydrogens is 361 g/mol. The summed E-state index contributed by atoms with van der Waals surface area (Å²) < 4.78 is 20.2. The zero-order chi connectivity index (χ0) is 20.1. The summed E-state index contributed by atoms with van der Waals surface area (Å²) in [5.41, 5.74) is -0.927. The number of carbonyl (C=O) groups excluding carboxylic acids is 2. The van der Waals surface area contributed by atoms with Crippen molar-refractivity contribution in [2.75, 3.05) is 19.7 Å². The normalized spacial score (nSPS) is 22.3. The number of halogens is 1. The molecule has 1 saturated carbocycles. The van der Waals surface area contributed by atoms with Gasteiger partial charge in [0.05, 0.1) is 6.61 Å². The van der Waals surface area contributed by atoms with Gasteiger partial charge in [-0.05, 0) is 44.4 Å². The zero-order valence-electron chi connectivity index (χ0n) is 16.7. The molecule has 154 valence electrons. The number of piperidine rings is 1. The summed E-state index contributed by atoms with van der Waals surface area (Å²) in [6, 6.07) is 0.0251. The Hall–Kier alpha value is -2.31. The van der Waals surface area contributed by atoms with Gasteiger partial charge < -0.3 is 15.0 Å². The molecule has 0 aromatic carbocycles. The molecule has 0 bridgehead atoms. The average Bonchev–Trinajstić information content (AvgIpc) is 3.49. The van der Waals surface area contributed by atoms with Gasteiger partial charge in [-0.2, -0.15) is 0 Å². The van der Waals surface area contributed by atoms with Gasteiger partial charge in [0.2, 0.25) is 0 Å². The van der Waals surface area contributed by atoms with E-state index in [9.17, 15) is 9.59 Å². The van der Waals surface area contributed by atoms with Crippen LogP contribution in [0.2, 0.25) is 0 Å². The Bertz CT molecular complexity index is 676. The SMILES string of the molecule is CCOC(=O)N1C=CC=C(N2CCC(F)(C(=O)NC(C)CC3CC3)CC2)C=C1. The molecule has 1 saturated heterocycles. The molecule has 2 aliphatic heterocycles. The van der Waals surface area contributed by atoms with Crippen molar-refractivity contribution < 1.29 is 18.7 Å². The van der Waals surface area contributed by atoms with Crippen molar-refractivity contribution in [2.24, 2.45) is 5.92 Å². The fourth-order valence-corrected chi connectivity index (χ4v) is 3.64. The molecule has 1 atom stereocenters. The number of carbonyl (C=O) groups is 2. The second-order valence-electron chi connectivity index (χ2n) is 7.86. The van der Waals surface area contributed by atoms with Crippen molar-refractivity contribution in [2.45, 2.75) is 57.7 Å². The number of rotatable bonds is 6. The lowest BCUT2D eigenvalue weighted by Crippen LogP contribution is -2.52. The first-order chi connectivity index (χ1) is 13.4. The molecule has 3 aliphatic rings. The molecular formula is C21H30FN3O3. The van der Waals surface area contributed by atoms with E-state index in [0.717, 1.165) is 12.1 Å². The average molecular weight is 391 g/mol. The molecule has 2 amide bonds. The van der Waals surface area contributed by atoms with E-state index in [1.165, 1.54) is 17.7 Å². The van der Waals surface area contributed by atoms with Crippen molar-refractivity contribution in [3.05, 3.63) is 36.3 Å². The predicted octanol–water partition coefficient (Wildman–Crippen LogP) is 3.48. The molecule has 0 spiro atoms. The minimum atomic E-state index is -1.81. The highest BCUT2D eigenvalue weighted by molar-refractivity contribution is 5.85. The van der Waals surface area contributed by atoms with E-state index in [1.54, 1.807) is 31.5 Å². The van der Waals surface area contributed by atoms with Crippen molar-refractivity contribution in [3.8, 4) is 0 Å². The molecule has 0 aromatic heterocycles. The molecule has 2 heterocycles. The summed E-state index contributed by atoms with van der Waals surface area (Å²) in [5, 5.41) is 2.87. The summed E-state index contributed by atoms with van der Waals surface area (Å²) in [6.45, 7) is 4.92. The first-order valence-corrected chi connectivity index (χ1v) is 10.2. The van der Waals surface area contributed by atoms with Crippen LogP contribution in [0.1, 0.15) is 46.0 Å². The summed E-state index contributed by atoms with van der Waals surface area (Å²) in [5.74, 6) is 0.225. The number of nitrogens with zero attached hydrogens (tertiary/aromatic N) is 2. The van der Waals surface area contributed by atoms with Gasteiger partial charge in [-0.25, -0.2) is 9.18 Å². The van der Waals surface area contributed by atoms with Crippen LogP contribution in [-0.4, -0.2) is 53.2 Å². The second-order valence-corrected chi connectivity index (χ2v) is 7.86. The maximum atomic E-state index is 15.2. The molecule has 2 fully saturated rings. The number of allylic oxidation sites excluding steroid dienone is 3. The number of hydrogen-bond donors (Lipinski definition) is 1. The molecule has 1 aliphatic carbocycles. The Morgan fingerprint density at radius 1 is 1.32 bits per heavy atom. The number of amides is 2. The van der Waals surface area contributed by atoms with Gasteiger partial charge in [0.15, 0.2) is 5.67 Å². The lowest BCUT2D eigenvalue weighted by Gasteiger charge is -2.37. The van der Waals surface area contributed by atoms with Gasteiger partial charge in [-0.1, -0.05) is 12.8 Å². The minimum absolute atomic E-state index is 0.0251. The van der Waals surface area contributed by atoms with Crippen LogP contribution in [-0.2, 0) is 9.53 Å². The minimum Gasteiger partial charge on any atom is -0.449 e. The molecule has 0 aromatic rings. The van der Waals surface area contributed by atoms with E-state index in [1.807, 2.05) is 17.9 Å². The van der Waals surface area contributed by atoms with Crippen LogP contribution in [0.5, 0.6) is 0 Å². The number of hydrogen-bond acceptors (Lipinski definition) is 4. The van der Waals surface area contributed by atoms with Crippen LogP contribution < -0.4 is 5.32 Å². The maximum absolute atomic E-state index is 15.2. The summed E-state index contributed by atoms with van der Waals surface area (Å²) in [4.78, 5) is 27.7. The third-order valence-corrected chi connectivity index (χ3v) is 5.49. The van der Waals surface area contributed by atoms with Gasteiger partial charge in [0.1, 0.15) is 0 Å². The Labute approximate surface area is 166 Å². The van der Waals surface area contributed by atoms with Crippen LogP contribution in [0.15, 0.2) is 36.3 Å². The monoisotopic (exact) mass is 391 g/mol. The highest BCUT2D eigenvalue weighted by Gasteiger charge is 2.42. The second kappa shape index (κ2) is 8.80. The smallest absolute Gasteiger partial charge is 0.417 e. The fraction of sp³-hybridized carbons (Fsp3) is 0.619. The van der Waals surface area contributed by atoms with E-state index in [0.29, 0.717) is 25.6 Å². The van der Waals surface area contributed by atoms with Crippen LogP contribution in [0.25, 0.3) is 0 Å². The molecule has 1 N–H and O–H groups in total. The van der Waals surface area contributed by atoms with Gasteiger partial charge in [-0.3, -0.25) is 9.69 Å². The van der Waals surface area contributed by atoms with Crippen molar-refractivity contribution in [3.63, 3.8) is 0 Å². The van der Waals surface area contributed by atoms with Crippen molar-refractivity contribution in [1.29, 1.82) is 0 Å². The Kier molecular flexibility index (Phi) is 6.42. The van der Waals surface area contributed by atoms with Crippen LogP contribution in [0.3, 0.4) is 0 Å². The highest BCUT2D eigenvalue weighted by Crippen LogP contribution is 2.34. The standard InChI is InChI=1S/C21H30FN3O3/c1-3-28-20(27)25-11-4-5-18(8-12-25)24-13-9-21(22,10-14-24)19(26)23-16(2)15-17-6-7-17/h4-5,8,11-12,16-17H,3,6-7,9-10,13-15H2,1-2H3,(H,23,26). The topological polar surface area (TPSA) is 61.9 Å². The largest absolute Gasteiger partial charge is 0.449 e. The Morgan fingerprint density at radius 2 is 2.04 bits per heavy atom. The summed E-state index contributed by atoms with van der Waals surface area (Å²) in [7, 11) is 0. The number of nitrogens with one attached hydrogen (secondary N) is 1. The Morgan fingerprint density at radius 3 is 2.68 bits per heavy atom. The molecule has 7 heteroatoms. The van der Waals surface area contributed by atoms with E-state index in [2.05, 4.69) is 5.32 Å². The van der Waals surface area contributed by atoms with E-state index >= 15 is 4.39 Å². The molecule has 6 nitrogen and oxygen atoms in total. The first kappa shape index (κ1) is 20.4. The molecule has 28 heavy (non-hydrogen) atoms. The van der Waals surface area contributed by atoms with Crippen LogP contribution >= 0.6 is 0 Å². The van der Waals surface area contributed by atoms with Crippen LogP contribution in [0, 0.1) is 5.92 Å². The van der Waals surface area contributed by atoms with Gasteiger partial charge >= 0.3 is 6.09 Å². The van der Waals surface area contributed by atoms with E-state index < -0.39 is 17.7 Å². The molecule has 1 unspecified atom stereocenters. The fourth-order valence-electron chi connectivity index (χ4n) is 3.64. The predicted molar refractivity (Wildman–Crippen MR) is 105 cm³/mol. The third-order valence-electron chi connectivity index (χ3n) is 5.49. The van der Waals surface area contributed by atoms with E-state index in [4.69, 9.17) is 4.74 Å². The quantitative estimate of drug-likeness (QED) is 0.753. The molecule has 0 radical (unpaired) electrons. The number of alkyl halides is 1. The highest BCUT2D eigenvalue weighted by atomic mass is 19.1. The number of ether oxygens (including phenoxy) is 1. The maximum Gasteiger partial charge on any atom is 0.417 e. The van der Waals surface area contributed by atoms with E-state index in [-0.39, 0.29) is 18.9 Å². The van der Waals surface area contributed by atoms with Crippen molar-refractivity contribution in [1.82, 2.24) is 15.1 Å². The number of likely N-dealkylation sites (tertiary alicyclic amines) is 1. The van der Waals surface area contributed by atoms with Gasteiger partial charge in [0.25, 0.3) is 5.91 Å². The third kappa shape index (κ3) is 5.14. The van der Waals surface area contributed by atoms with Gasteiger partial charge in [-0.15, -0.1) is 0 Å². The van der Waals surface area contributed by atoms with Crippen molar-refractivity contribution >= 4 is 12.0 Å². The first-order valence-electron chi connectivity index (χ1n) is 10.2. The zero-order valence-corrected chi connectivity index (χ0v) is 16.7. The lowest BCUT2D eigenvalue weighted by molar-refractivity contribution is -0.136. The molecule has 3 rings (SSSR count).